The molecule has 1 N–H and O–H groups in total. The van der Waals surface area contributed by atoms with Gasteiger partial charge in [0, 0.05) is 11.8 Å². The lowest BCUT2D eigenvalue weighted by atomic mass is 10.1. The number of imide groups is 1. The molecule has 3 amide bonds. The molecular formula is C27H22N2O7. The number of ether oxygens (including phenoxy) is 3. The Kier molecular flexibility index (Phi) is 6.12. The van der Waals surface area contributed by atoms with E-state index in [-0.39, 0.29) is 23.2 Å². The van der Waals surface area contributed by atoms with Gasteiger partial charge in [-0.3, -0.25) is 19.3 Å². The SMILES string of the molecule is C[C@@H](OC(=O)c1ccc2c(c1)C(=O)N(Cc1ccccc1)C2=O)C(=O)Nc1ccc2c(c1)OCCO2. The normalized spacial score (nSPS) is 14.8. The van der Waals surface area contributed by atoms with Gasteiger partial charge in [0.25, 0.3) is 17.7 Å². The van der Waals surface area contributed by atoms with Gasteiger partial charge in [-0.25, -0.2) is 4.79 Å². The number of anilines is 1. The van der Waals surface area contributed by atoms with E-state index in [2.05, 4.69) is 5.32 Å². The van der Waals surface area contributed by atoms with Crippen LogP contribution >= 0.6 is 0 Å². The summed E-state index contributed by atoms with van der Waals surface area (Å²) < 4.78 is 16.3. The summed E-state index contributed by atoms with van der Waals surface area (Å²) in [7, 11) is 0. The van der Waals surface area contributed by atoms with Crippen molar-refractivity contribution in [2.24, 2.45) is 0 Å². The zero-order valence-corrected chi connectivity index (χ0v) is 19.4. The molecule has 0 radical (unpaired) electrons. The molecular weight excluding hydrogens is 464 g/mol. The van der Waals surface area contributed by atoms with E-state index in [1.165, 1.54) is 25.1 Å². The van der Waals surface area contributed by atoms with Gasteiger partial charge in [-0.1, -0.05) is 30.3 Å². The van der Waals surface area contributed by atoms with E-state index in [1.54, 1.807) is 18.2 Å². The Morgan fingerprint density at radius 3 is 2.42 bits per heavy atom. The topological polar surface area (TPSA) is 111 Å². The third kappa shape index (κ3) is 4.50. The smallest absolute Gasteiger partial charge is 0.338 e. The molecule has 1 atom stereocenters. The maximum Gasteiger partial charge on any atom is 0.338 e. The third-order valence-electron chi connectivity index (χ3n) is 5.85. The van der Waals surface area contributed by atoms with Crippen molar-refractivity contribution >= 4 is 29.4 Å². The molecule has 0 spiro atoms. The van der Waals surface area contributed by atoms with Crippen LogP contribution in [0.25, 0.3) is 0 Å². The molecule has 0 bridgehead atoms. The Bertz CT molecular complexity index is 1370. The summed E-state index contributed by atoms with van der Waals surface area (Å²) in [6.45, 7) is 2.44. The van der Waals surface area contributed by atoms with Crippen molar-refractivity contribution in [3.63, 3.8) is 0 Å². The quantitative estimate of drug-likeness (QED) is 0.420. The molecule has 36 heavy (non-hydrogen) atoms. The summed E-state index contributed by atoms with van der Waals surface area (Å²) in [6.07, 6.45) is -1.12. The van der Waals surface area contributed by atoms with Crippen molar-refractivity contribution in [3.05, 3.63) is 89.0 Å². The minimum absolute atomic E-state index is 0.0652. The van der Waals surface area contributed by atoms with E-state index in [0.29, 0.717) is 30.4 Å². The summed E-state index contributed by atoms with van der Waals surface area (Å²) in [5.41, 5.74) is 1.68. The molecule has 0 fully saturated rings. The van der Waals surface area contributed by atoms with E-state index in [4.69, 9.17) is 14.2 Å². The second-order valence-electron chi connectivity index (χ2n) is 8.34. The van der Waals surface area contributed by atoms with Gasteiger partial charge < -0.3 is 19.5 Å². The zero-order chi connectivity index (χ0) is 25.2. The number of carbonyl (C=O) groups excluding carboxylic acids is 4. The third-order valence-corrected chi connectivity index (χ3v) is 5.85. The van der Waals surface area contributed by atoms with Crippen LogP contribution in [0, 0.1) is 0 Å². The van der Waals surface area contributed by atoms with Gasteiger partial charge in [-0.05, 0) is 42.8 Å². The molecule has 0 saturated carbocycles. The van der Waals surface area contributed by atoms with E-state index < -0.39 is 29.8 Å². The lowest BCUT2D eigenvalue weighted by Crippen LogP contribution is -2.30. The fraction of sp³-hybridized carbons (Fsp3) is 0.185. The van der Waals surface area contributed by atoms with Gasteiger partial charge in [0.05, 0.1) is 23.2 Å². The van der Waals surface area contributed by atoms with Crippen LogP contribution in [0.5, 0.6) is 11.5 Å². The van der Waals surface area contributed by atoms with Crippen molar-refractivity contribution in [3.8, 4) is 11.5 Å². The number of nitrogens with one attached hydrogen (secondary N) is 1. The van der Waals surface area contributed by atoms with Crippen molar-refractivity contribution in [1.82, 2.24) is 4.90 Å². The highest BCUT2D eigenvalue weighted by molar-refractivity contribution is 6.21. The summed E-state index contributed by atoms with van der Waals surface area (Å²) in [5, 5.41) is 2.67. The van der Waals surface area contributed by atoms with Crippen molar-refractivity contribution in [2.45, 2.75) is 19.6 Å². The van der Waals surface area contributed by atoms with E-state index in [9.17, 15) is 19.2 Å². The molecule has 0 saturated heterocycles. The Hall–Kier alpha value is -4.66. The maximum atomic E-state index is 12.9. The molecule has 3 aromatic rings. The number of carbonyl (C=O) groups is 4. The number of rotatable bonds is 6. The molecule has 2 aliphatic rings. The monoisotopic (exact) mass is 486 g/mol. The van der Waals surface area contributed by atoms with Crippen LogP contribution in [0.15, 0.2) is 66.7 Å². The summed E-state index contributed by atoms with van der Waals surface area (Å²) in [6, 6.07) is 18.3. The standard InChI is InChI=1S/C27H22N2O7/c1-16(24(30)28-19-8-10-22-23(14-19)35-12-11-34-22)36-27(33)18-7-9-20-21(13-18)26(32)29(25(20)31)15-17-5-3-2-4-6-17/h2-10,13-14,16H,11-12,15H2,1H3,(H,28,30)/t16-/m1/s1. The number of esters is 1. The number of benzene rings is 3. The van der Waals surface area contributed by atoms with Crippen LogP contribution in [0.4, 0.5) is 5.69 Å². The first kappa shape index (κ1) is 23.1. The van der Waals surface area contributed by atoms with E-state index in [0.717, 1.165) is 10.5 Å². The first-order valence-electron chi connectivity index (χ1n) is 11.4. The van der Waals surface area contributed by atoms with Crippen LogP contribution in [0.2, 0.25) is 0 Å². The Balaban J connectivity index is 1.24. The van der Waals surface area contributed by atoms with Gasteiger partial charge in [-0.2, -0.15) is 0 Å². The van der Waals surface area contributed by atoms with E-state index in [1.807, 2.05) is 30.3 Å². The van der Waals surface area contributed by atoms with Gasteiger partial charge in [0.15, 0.2) is 17.6 Å². The molecule has 2 aliphatic heterocycles. The molecule has 182 valence electrons. The number of hydrogen-bond acceptors (Lipinski definition) is 7. The van der Waals surface area contributed by atoms with Crippen LogP contribution in [-0.2, 0) is 16.1 Å². The maximum absolute atomic E-state index is 12.9. The van der Waals surface area contributed by atoms with Crippen LogP contribution in [0.1, 0.15) is 43.6 Å². The van der Waals surface area contributed by atoms with Gasteiger partial charge in [0.2, 0.25) is 0 Å². The van der Waals surface area contributed by atoms with Crippen molar-refractivity contribution in [1.29, 1.82) is 0 Å². The molecule has 0 aromatic heterocycles. The molecule has 3 aromatic carbocycles. The largest absolute Gasteiger partial charge is 0.486 e. The predicted octanol–water partition coefficient (Wildman–Crippen LogP) is 3.44. The highest BCUT2D eigenvalue weighted by Crippen LogP contribution is 2.32. The first-order chi connectivity index (χ1) is 17.4. The van der Waals surface area contributed by atoms with Gasteiger partial charge >= 0.3 is 5.97 Å². The van der Waals surface area contributed by atoms with Crippen LogP contribution < -0.4 is 14.8 Å². The number of amides is 3. The van der Waals surface area contributed by atoms with Gasteiger partial charge in [-0.15, -0.1) is 0 Å². The van der Waals surface area contributed by atoms with Crippen LogP contribution in [-0.4, -0.2) is 47.9 Å². The Morgan fingerprint density at radius 1 is 0.917 bits per heavy atom. The van der Waals surface area contributed by atoms with E-state index >= 15 is 0 Å². The Morgan fingerprint density at radius 2 is 1.64 bits per heavy atom. The van der Waals surface area contributed by atoms with Gasteiger partial charge in [0.1, 0.15) is 13.2 Å². The molecule has 5 rings (SSSR count). The molecule has 9 nitrogen and oxygen atoms in total. The average molecular weight is 486 g/mol. The predicted molar refractivity (Wildman–Crippen MR) is 128 cm³/mol. The number of hydrogen-bond donors (Lipinski definition) is 1. The molecule has 0 aliphatic carbocycles. The highest BCUT2D eigenvalue weighted by atomic mass is 16.6. The van der Waals surface area contributed by atoms with Crippen molar-refractivity contribution < 1.29 is 33.4 Å². The first-order valence-corrected chi connectivity index (χ1v) is 11.4. The average Bonchev–Trinajstić information content (AvgIpc) is 3.13. The number of nitrogens with zero attached hydrogens (tertiary/aromatic N) is 1. The summed E-state index contributed by atoms with van der Waals surface area (Å²) >= 11 is 0. The van der Waals surface area contributed by atoms with Crippen molar-refractivity contribution in [2.75, 3.05) is 18.5 Å². The molecule has 9 heteroatoms. The molecule has 2 heterocycles. The second-order valence-corrected chi connectivity index (χ2v) is 8.34. The lowest BCUT2D eigenvalue weighted by Gasteiger charge is -2.19. The number of fused-ring (bicyclic) bond motifs is 2. The van der Waals surface area contributed by atoms with Crippen LogP contribution in [0.3, 0.4) is 0 Å². The second kappa shape index (κ2) is 9.53. The summed E-state index contributed by atoms with van der Waals surface area (Å²) in [5.74, 6) is -1.14. The fourth-order valence-corrected chi connectivity index (χ4v) is 3.97. The molecule has 0 unspecified atom stereocenters. The lowest BCUT2D eigenvalue weighted by molar-refractivity contribution is -0.123. The minimum atomic E-state index is -1.12. The summed E-state index contributed by atoms with van der Waals surface area (Å²) in [4.78, 5) is 52.1. The Labute approximate surface area is 206 Å². The zero-order valence-electron chi connectivity index (χ0n) is 19.4. The highest BCUT2D eigenvalue weighted by Gasteiger charge is 2.36. The fourth-order valence-electron chi connectivity index (χ4n) is 3.97. The minimum Gasteiger partial charge on any atom is -0.486 e.